The smallest absolute Gasteiger partial charge is 0.338 e. The Morgan fingerprint density at radius 2 is 1.27 bits per heavy atom. The van der Waals surface area contributed by atoms with Crippen LogP contribution >= 0.6 is 22.9 Å². The van der Waals surface area contributed by atoms with Crippen molar-refractivity contribution in [3.8, 4) is 0 Å². The van der Waals surface area contributed by atoms with Crippen molar-refractivity contribution in [3.63, 3.8) is 0 Å². The lowest BCUT2D eigenvalue weighted by molar-refractivity contribution is -0.139. The van der Waals surface area contributed by atoms with Crippen LogP contribution in [-0.2, 0) is 32.0 Å². The highest BCUT2D eigenvalue weighted by atomic mass is 127. The van der Waals surface area contributed by atoms with Crippen LogP contribution in [-0.4, -0.2) is 79.7 Å². The first-order valence-electron chi connectivity index (χ1n) is 19.6. The van der Waals surface area contributed by atoms with Crippen molar-refractivity contribution in [2.24, 2.45) is 17.4 Å². The van der Waals surface area contributed by atoms with Crippen LogP contribution in [0.3, 0.4) is 0 Å². The van der Waals surface area contributed by atoms with E-state index in [-0.39, 0.29) is 30.0 Å². The zero-order chi connectivity index (χ0) is 40.2. The number of carbonyl (C=O) groups is 4. The zero-order valence-corrected chi connectivity index (χ0v) is 34.4. The maximum Gasteiger partial charge on any atom is 0.338 e. The first-order valence-corrected chi connectivity index (χ1v) is 20.5. The molecule has 300 valence electrons. The zero-order valence-electron chi connectivity index (χ0n) is 32.2. The summed E-state index contributed by atoms with van der Waals surface area (Å²) in [5.74, 6) is -1.65. The number of likely N-dealkylation sites (tertiary alicyclic amines) is 1. The van der Waals surface area contributed by atoms with Crippen molar-refractivity contribution in [1.82, 2.24) is 28.2 Å². The fourth-order valence-electron chi connectivity index (χ4n) is 7.35. The number of aromatic nitrogens is 2. The van der Waals surface area contributed by atoms with Crippen LogP contribution < -0.4 is 33.1 Å². The second kappa shape index (κ2) is 20.6. The standard InChI is InChI=1S/C42H55IN8O5/c1-28(2)25-34(48-40(54)35(27-30-15-7-4-8-16-30)47-38(52)32(45)26-29-13-5-3-6-14-29)39(53)46-33(17-11-12-22-44)41(55)49-23-20-31(21-24-49)50-36-18-9-10-19-37(36)51(43)42(50)56/h3-10,13-16,18-19,28,31-35H,11-12,17,20-27,44-45H2,1-2H3,(H,46,53)(H,47,52)(H,48,54)/t32-,33-,34-,35-/m1/s1. The molecule has 3 aromatic carbocycles. The number of rotatable bonds is 18. The number of imidazole rings is 1. The minimum absolute atomic E-state index is 0.0230. The molecule has 0 spiro atoms. The quantitative estimate of drug-likeness (QED) is 0.0747. The van der Waals surface area contributed by atoms with E-state index in [1.807, 2.05) is 126 Å². The summed E-state index contributed by atoms with van der Waals surface area (Å²) in [6.45, 7) is 5.22. The second-order valence-electron chi connectivity index (χ2n) is 15.1. The van der Waals surface area contributed by atoms with E-state index in [0.29, 0.717) is 64.6 Å². The summed E-state index contributed by atoms with van der Waals surface area (Å²) >= 11 is 2.03. The van der Waals surface area contributed by atoms with E-state index in [1.54, 1.807) is 7.68 Å². The topological polar surface area (TPSA) is 187 Å². The number of halogens is 1. The van der Waals surface area contributed by atoms with Gasteiger partial charge in [-0.1, -0.05) is 86.6 Å². The molecule has 4 aromatic rings. The number of fused-ring (bicyclic) bond motifs is 1. The van der Waals surface area contributed by atoms with E-state index >= 15 is 0 Å². The van der Waals surface area contributed by atoms with Crippen molar-refractivity contribution >= 4 is 57.5 Å². The first-order chi connectivity index (χ1) is 27.0. The third-order valence-corrected chi connectivity index (χ3v) is 11.3. The number of piperidine rings is 1. The molecule has 0 radical (unpaired) electrons. The Hall–Kier alpha value is -4.54. The van der Waals surface area contributed by atoms with Crippen LogP contribution in [0.1, 0.15) is 69.5 Å². The summed E-state index contributed by atoms with van der Waals surface area (Å²) in [6, 6.07) is 22.7. The van der Waals surface area contributed by atoms with Crippen molar-refractivity contribution < 1.29 is 19.2 Å². The van der Waals surface area contributed by atoms with E-state index in [0.717, 1.165) is 22.2 Å². The van der Waals surface area contributed by atoms with Crippen LogP contribution in [0, 0.1) is 5.92 Å². The van der Waals surface area contributed by atoms with E-state index in [9.17, 15) is 24.0 Å². The first kappa shape index (κ1) is 42.6. The predicted octanol–water partition coefficient (Wildman–Crippen LogP) is 3.61. The second-order valence-corrected chi connectivity index (χ2v) is 16.0. The largest absolute Gasteiger partial charge is 0.343 e. The van der Waals surface area contributed by atoms with Crippen molar-refractivity contribution in [3.05, 3.63) is 107 Å². The number of hydrogen-bond donors (Lipinski definition) is 5. The van der Waals surface area contributed by atoms with Crippen LogP contribution in [0.2, 0.25) is 0 Å². The SMILES string of the molecule is CC(C)C[C@@H](NC(=O)[C@@H](Cc1ccccc1)NC(=O)[C@H](N)Cc1ccccc1)C(=O)N[C@H](CCCCN)C(=O)N1CCC(n2c(=O)n(I)c3ccccc32)CC1. The Morgan fingerprint density at radius 3 is 1.88 bits per heavy atom. The van der Waals surface area contributed by atoms with Gasteiger partial charge in [0, 0.05) is 25.6 Å². The molecule has 4 amide bonds. The summed E-state index contributed by atoms with van der Waals surface area (Å²) in [5, 5.41) is 8.74. The Morgan fingerprint density at radius 1 is 0.732 bits per heavy atom. The van der Waals surface area contributed by atoms with Crippen LogP contribution in [0.25, 0.3) is 11.0 Å². The highest BCUT2D eigenvalue weighted by molar-refractivity contribution is 14.1. The third-order valence-electron chi connectivity index (χ3n) is 10.3. The Kier molecular flexibility index (Phi) is 15.7. The molecular weight excluding hydrogens is 823 g/mol. The summed E-state index contributed by atoms with van der Waals surface area (Å²) in [4.78, 5) is 70.6. The number of nitrogens with one attached hydrogen (secondary N) is 3. The molecule has 1 aliphatic rings. The van der Waals surface area contributed by atoms with Gasteiger partial charge in [-0.05, 0) is 80.7 Å². The van der Waals surface area contributed by atoms with E-state index < -0.39 is 41.9 Å². The van der Waals surface area contributed by atoms with Gasteiger partial charge in [0.15, 0.2) is 0 Å². The molecule has 0 aliphatic carbocycles. The minimum atomic E-state index is -1.01. The molecule has 13 nitrogen and oxygen atoms in total. The van der Waals surface area contributed by atoms with E-state index in [2.05, 4.69) is 16.0 Å². The normalized spacial score (nSPS) is 15.6. The van der Waals surface area contributed by atoms with Gasteiger partial charge < -0.3 is 32.3 Å². The summed E-state index contributed by atoms with van der Waals surface area (Å²) < 4.78 is 3.45. The maximum absolute atomic E-state index is 14.1. The molecule has 2 heterocycles. The van der Waals surface area contributed by atoms with Gasteiger partial charge in [0.1, 0.15) is 18.1 Å². The van der Waals surface area contributed by atoms with Crippen LogP contribution in [0.5, 0.6) is 0 Å². The van der Waals surface area contributed by atoms with Gasteiger partial charge in [-0.15, -0.1) is 0 Å². The van der Waals surface area contributed by atoms with Gasteiger partial charge in [0.05, 0.1) is 39.9 Å². The number of nitrogens with two attached hydrogens (primary N) is 2. The van der Waals surface area contributed by atoms with Crippen molar-refractivity contribution in [2.45, 2.75) is 95.4 Å². The van der Waals surface area contributed by atoms with Crippen molar-refractivity contribution in [1.29, 1.82) is 0 Å². The molecule has 0 unspecified atom stereocenters. The monoisotopic (exact) mass is 878 g/mol. The fraction of sp³-hybridized carbons (Fsp3) is 0.452. The number of amides is 4. The Bertz CT molecular complexity index is 1980. The molecule has 1 saturated heterocycles. The Balaban J connectivity index is 1.28. The number of unbranched alkanes of at least 4 members (excludes halogenated alkanes) is 1. The lowest BCUT2D eigenvalue weighted by Crippen LogP contribution is -2.59. The molecule has 5 rings (SSSR count). The Labute approximate surface area is 342 Å². The van der Waals surface area contributed by atoms with Crippen LogP contribution in [0.4, 0.5) is 0 Å². The molecule has 0 saturated carbocycles. The number of para-hydroxylation sites is 2. The van der Waals surface area contributed by atoms with E-state index in [1.165, 1.54) is 0 Å². The number of hydrogen-bond acceptors (Lipinski definition) is 7. The summed E-state index contributed by atoms with van der Waals surface area (Å²) in [6.07, 6.45) is 3.68. The molecule has 1 fully saturated rings. The van der Waals surface area contributed by atoms with Crippen LogP contribution in [0.15, 0.2) is 89.7 Å². The number of nitrogens with zero attached hydrogens (tertiary/aromatic N) is 3. The number of carbonyl (C=O) groups excluding carboxylic acids is 4. The molecule has 4 atom stereocenters. The third kappa shape index (κ3) is 11.3. The minimum Gasteiger partial charge on any atom is -0.343 e. The molecule has 56 heavy (non-hydrogen) atoms. The van der Waals surface area contributed by atoms with Gasteiger partial charge in [-0.2, -0.15) is 0 Å². The van der Waals surface area contributed by atoms with Gasteiger partial charge in [-0.3, -0.25) is 23.7 Å². The lowest BCUT2D eigenvalue weighted by atomic mass is 9.99. The molecule has 7 N–H and O–H groups in total. The average Bonchev–Trinajstić information content (AvgIpc) is 3.45. The average molecular weight is 879 g/mol. The lowest BCUT2D eigenvalue weighted by Gasteiger charge is -2.35. The maximum atomic E-state index is 14.1. The van der Waals surface area contributed by atoms with Crippen molar-refractivity contribution in [2.75, 3.05) is 19.6 Å². The molecule has 14 heteroatoms. The summed E-state index contributed by atoms with van der Waals surface area (Å²) in [5.41, 5.74) is 15.4. The highest BCUT2D eigenvalue weighted by Crippen LogP contribution is 2.27. The molecule has 0 bridgehead atoms. The molecular formula is C42H55IN8O5. The predicted molar refractivity (Wildman–Crippen MR) is 227 cm³/mol. The van der Waals surface area contributed by atoms with Gasteiger partial charge >= 0.3 is 5.69 Å². The van der Waals surface area contributed by atoms with Gasteiger partial charge in [-0.25, -0.2) is 7.58 Å². The molecule has 1 aromatic heterocycles. The number of benzene rings is 3. The van der Waals surface area contributed by atoms with E-state index in [4.69, 9.17) is 11.5 Å². The fourth-order valence-corrected chi connectivity index (χ4v) is 7.99. The molecule has 1 aliphatic heterocycles. The van der Waals surface area contributed by atoms with Gasteiger partial charge in [0.25, 0.3) is 0 Å². The highest BCUT2D eigenvalue weighted by Gasteiger charge is 2.34. The summed E-state index contributed by atoms with van der Waals surface area (Å²) in [7, 11) is 0. The van der Waals surface area contributed by atoms with Gasteiger partial charge in [0.2, 0.25) is 23.6 Å².